The fourth-order valence-electron chi connectivity index (χ4n) is 6.83. The van der Waals surface area contributed by atoms with Crippen LogP contribution in [0, 0.1) is 11.8 Å². The van der Waals surface area contributed by atoms with E-state index < -0.39 is 0 Å². The Morgan fingerprint density at radius 3 is 2.03 bits per heavy atom. The number of amides is 1. The molecular formula is C29H33NO4. The van der Waals surface area contributed by atoms with E-state index in [0.717, 1.165) is 12.8 Å². The number of ether oxygens (including phenoxy) is 2. The number of carbonyl (C=O) groups is 2. The Bertz CT molecular complexity index is 1020. The normalized spacial score (nSPS) is 26.6. The monoisotopic (exact) mass is 459 g/mol. The van der Waals surface area contributed by atoms with Gasteiger partial charge in [0.25, 0.3) is 0 Å². The van der Waals surface area contributed by atoms with Crippen LogP contribution in [0.15, 0.2) is 48.5 Å². The molecule has 4 aliphatic rings. The first kappa shape index (κ1) is 21.8. The number of rotatable bonds is 4. The molecule has 2 atom stereocenters. The van der Waals surface area contributed by atoms with Crippen molar-refractivity contribution in [1.82, 2.24) is 4.90 Å². The Labute approximate surface area is 201 Å². The van der Waals surface area contributed by atoms with Crippen LogP contribution in [0.5, 0.6) is 0 Å². The first-order chi connectivity index (χ1) is 16.7. The van der Waals surface area contributed by atoms with Crippen molar-refractivity contribution in [1.29, 1.82) is 0 Å². The number of benzene rings is 2. The van der Waals surface area contributed by atoms with Crippen LogP contribution in [0.4, 0.5) is 4.79 Å². The fourth-order valence-corrected chi connectivity index (χ4v) is 6.83. The van der Waals surface area contributed by atoms with Gasteiger partial charge in [-0.1, -0.05) is 67.8 Å². The largest absolute Gasteiger partial charge is 0.448 e. The molecule has 0 N–H and O–H groups in total. The molecule has 1 saturated carbocycles. The van der Waals surface area contributed by atoms with Crippen LogP contribution in [0.1, 0.15) is 62.0 Å². The van der Waals surface area contributed by atoms with Crippen molar-refractivity contribution in [3.8, 4) is 11.1 Å². The van der Waals surface area contributed by atoms with Gasteiger partial charge in [-0.15, -0.1) is 0 Å². The molecular weight excluding hydrogens is 426 g/mol. The number of ketones is 1. The van der Waals surface area contributed by atoms with E-state index in [1.54, 1.807) is 0 Å². The molecule has 2 heterocycles. The van der Waals surface area contributed by atoms with E-state index in [-0.39, 0.29) is 35.9 Å². The molecule has 3 fully saturated rings. The highest BCUT2D eigenvalue weighted by atomic mass is 16.6. The number of carbonyl (C=O) groups excluding carboxylic acids is 2. The molecule has 34 heavy (non-hydrogen) atoms. The molecule has 2 bridgehead atoms. The Hall–Kier alpha value is -2.66. The molecule has 2 aliphatic carbocycles. The standard InChI is InChI=1S/C29H33NO4/c31-28(19-8-2-1-3-9-19)20-14-21-16-33-17-22(15-20)30(21)29(32)34-18-27-25-12-6-4-10-23(25)24-11-5-7-13-26(24)27/h4-7,10-13,19-22,27H,1-3,8-9,14-18H2. The Kier molecular flexibility index (Phi) is 5.90. The summed E-state index contributed by atoms with van der Waals surface area (Å²) in [5, 5.41) is 0. The van der Waals surface area contributed by atoms with Gasteiger partial charge in [-0.05, 0) is 47.9 Å². The van der Waals surface area contributed by atoms with Crippen LogP contribution >= 0.6 is 0 Å². The number of fused-ring (bicyclic) bond motifs is 5. The van der Waals surface area contributed by atoms with E-state index in [0.29, 0.717) is 38.4 Å². The quantitative estimate of drug-likeness (QED) is 0.600. The number of morpholine rings is 1. The van der Waals surface area contributed by atoms with E-state index in [1.807, 2.05) is 4.90 Å². The summed E-state index contributed by atoms with van der Waals surface area (Å²) in [6.07, 6.45) is 6.82. The molecule has 0 spiro atoms. The van der Waals surface area contributed by atoms with E-state index in [9.17, 15) is 9.59 Å². The maximum Gasteiger partial charge on any atom is 0.410 e. The lowest BCUT2D eigenvalue weighted by molar-refractivity contribution is -0.135. The lowest BCUT2D eigenvalue weighted by Gasteiger charge is -2.47. The Morgan fingerprint density at radius 2 is 1.41 bits per heavy atom. The second kappa shape index (κ2) is 9.18. The Balaban J connectivity index is 1.14. The zero-order chi connectivity index (χ0) is 23.1. The highest BCUT2D eigenvalue weighted by Gasteiger charge is 2.45. The lowest BCUT2D eigenvalue weighted by atomic mass is 9.75. The van der Waals surface area contributed by atoms with Crippen molar-refractivity contribution in [3.63, 3.8) is 0 Å². The second-order valence-electron chi connectivity index (χ2n) is 10.5. The molecule has 5 nitrogen and oxygen atoms in total. The van der Waals surface area contributed by atoms with Gasteiger partial charge in [-0.2, -0.15) is 0 Å². The van der Waals surface area contributed by atoms with Gasteiger partial charge < -0.3 is 9.47 Å². The molecule has 1 amide bonds. The number of hydrogen-bond donors (Lipinski definition) is 0. The highest BCUT2D eigenvalue weighted by Crippen LogP contribution is 2.45. The topological polar surface area (TPSA) is 55.8 Å². The summed E-state index contributed by atoms with van der Waals surface area (Å²) in [4.78, 5) is 28.4. The number of Topliss-reactive ketones (excluding diaryl/α,β-unsaturated/α-hetero) is 1. The summed E-state index contributed by atoms with van der Waals surface area (Å²) >= 11 is 0. The predicted octanol–water partition coefficient (Wildman–Crippen LogP) is 5.56. The highest BCUT2D eigenvalue weighted by molar-refractivity contribution is 5.84. The number of hydrogen-bond acceptors (Lipinski definition) is 4. The predicted molar refractivity (Wildman–Crippen MR) is 130 cm³/mol. The minimum atomic E-state index is -0.260. The van der Waals surface area contributed by atoms with E-state index in [1.165, 1.54) is 41.5 Å². The van der Waals surface area contributed by atoms with Crippen LogP contribution in [0.2, 0.25) is 0 Å². The SMILES string of the molecule is O=C(C1CCCCC1)C1CC2COCC(C1)N2C(=O)OCC1c2ccccc2-c2ccccc21. The van der Waals surface area contributed by atoms with Crippen LogP contribution < -0.4 is 0 Å². The van der Waals surface area contributed by atoms with E-state index in [4.69, 9.17) is 9.47 Å². The van der Waals surface area contributed by atoms with E-state index >= 15 is 0 Å². The zero-order valence-corrected chi connectivity index (χ0v) is 19.7. The van der Waals surface area contributed by atoms with Gasteiger partial charge in [0.05, 0.1) is 25.3 Å². The molecule has 6 rings (SSSR count). The summed E-state index contributed by atoms with van der Waals surface area (Å²) in [6.45, 7) is 1.32. The summed E-state index contributed by atoms with van der Waals surface area (Å²) in [5.41, 5.74) is 4.89. The first-order valence-corrected chi connectivity index (χ1v) is 13.0. The van der Waals surface area contributed by atoms with Crippen LogP contribution in [-0.4, -0.2) is 48.7 Å². The minimum absolute atomic E-state index is 0.0536. The molecule has 2 aromatic carbocycles. The van der Waals surface area contributed by atoms with Crippen molar-refractivity contribution in [2.75, 3.05) is 19.8 Å². The number of piperidine rings is 1. The van der Waals surface area contributed by atoms with Gasteiger partial charge in [-0.3, -0.25) is 9.69 Å². The maximum atomic E-state index is 13.3. The molecule has 2 aromatic rings. The van der Waals surface area contributed by atoms with Gasteiger partial charge in [0.1, 0.15) is 12.4 Å². The summed E-state index contributed by atoms with van der Waals surface area (Å²) in [7, 11) is 0. The van der Waals surface area contributed by atoms with Crippen molar-refractivity contribution >= 4 is 11.9 Å². The van der Waals surface area contributed by atoms with Crippen molar-refractivity contribution in [2.24, 2.45) is 11.8 Å². The number of nitrogens with zero attached hydrogens (tertiary/aromatic N) is 1. The van der Waals surface area contributed by atoms with Crippen molar-refractivity contribution in [2.45, 2.75) is 62.9 Å². The smallest absolute Gasteiger partial charge is 0.410 e. The van der Waals surface area contributed by atoms with Crippen molar-refractivity contribution in [3.05, 3.63) is 59.7 Å². The molecule has 2 aliphatic heterocycles. The van der Waals surface area contributed by atoms with Gasteiger partial charge in [-0.25, -0.2) is 4.79 Å². The second-order valence-corrected chi connectivity index (χ2v) is 10.5. The summed E-state index contributed by atoms with van der Waals surface area (Å²) in [6, 6.07) is 16.6. The average molecular weight is 460 g/mol. The minimum Gasteiger partial charge on any atom is -0.448 e. The third-order valence-corrected chi connectivity index (χ3v) is 8.48. The van der Waals surface area contributed by atoms with Crippen LogP contribution in [0.3, 0.4) is 0 Å². The molecule has 2 unspecified atom stereocenters. The Morgan fingerprint density at radius 1 is 0.824 bits per heavy atom. The third kappa shape index (κ3) is 3.84. The average Bonchev–Trinajstić information content (AvgIpc) is 3.20. The molecule has 0 aromatic heterocycles. The summed E-state index contributed by atoms with van der Waals surface area (Å²) < 4.78 is 11.8. The zero-order valence-electron chi connectivity index (χ0n) is 19.7. The molecule has 178 valence electrons. The molecule has 2 saturated heterocycles. The summed E-state index contributed by atoms with van der Waals surface area (Å²) in [5.74, 6) is 0.766. The van der Waals surface area contributed by atoms with Gasteiger partial charge in [0.15, 0.2) is 0 Å². The van der Waals surface area contributed by atoms with Gasteiger partial charge >= 0.3 is 6.09 Å². The maximum absolute atomic E-state index is 13.3. The van der Waals surface area contributed by atoms with E-state index in [2.05, 4.69) is 48.5 Å². The lowest BCUT2D eigenvalue weighted by Crippen LogP contribution is -2.60. The van der Waals surface area contributed by atoms with Crippen LogP contribution in [0.25, 0.3) is 11.1 Å². The van der Waals surface area contributed by atoms with Gasteiger partial charge in [0.2, 0.25) is 0 Å². The van der Waals surface area contributed by atoms with Crippen LogP contribution in [-0.2, 0) is 14.3 Å². The molecule has 0 radical (unpaired) electrons. The van der Waals surface area contributed by atoms with Crippen molar-refractivity contribution < 1.29 is 19.1 Å². The fraction of sp³-hybridized carbons (Fsp3) is 0.517. The third-order valence-electron chi connectivity index (χ3n) is 8.48. The van der Waals surface area contributed by atoms with Gasteiger partial charge in [0, 0.05) is 17.8 Å². The molecule has 5 heteroatoms. The first-order valence-electron chi connectivity index (χ1n) is 13.0.